The molecule has 0 aliphatic carbocycles. The largest absolute Gasteiger partial charge is 0.478 e. The number of ether oxygens (including phenoxy) is 3. The van der Waals surface area contributed by atoms with E-state index in [0.717, 1.165) is 19.3 Å². The van der Waals surface area contributed by atoms with Crippen LogP contribution in [0.4, 0.5) is 0 Å². The predicted octanol–water partition coefficient (Wildman–Crippen LogP) is 2.99. The number of carbonyl (C=O) groups is 1. The molecule has 0 bridgehead atoms. The minimum Gasteiger partial charge on any atom is -0.478 e. The van der Waals surface area contributed by atoms with Gasteiger partial charge in [-0.25, -0.2) is 4.79 Å². The summed E-state index contributed by atoms with van der Waals surface area (Å²) >= 11 is 0. The molecule has 0 aromatic carbocycles. The van der Waals surface area contributed by atoms with Crippen molar-refractivity contribution in [2.24, 2.45) is 0 Å². The SMILES string of the molecule is CCCC(OC)C(CCC/C=C(\C)C(=O)O)(OC)OC. The highest BCUT2D eigenvalue weighted by Crippen LogP contribution is 2.28. The molecule has 0 aromatic rings. The zero-order valence-electron chi connectivity index (χ0n) is 13.3. The Morgan fingerprint density at radius 2 is 1.90 bits per heavy atom. The number of unbranched alkanes of at least 4 members (excludes halogenated alkanes) is 1. The molecule has 0 aliphatic heterocycles. The monoisotopic (exact) mass is 288 g/mol. The molecule has 0 aromatic heterocycles. The van der Waals surface area contributed by atoms with Crippen molar-refractivity contribution >= 4 is 5.97 Å². The van der Waals surface area contributed by atoms with Gasteiger partial charge in [0.25, 0.3) is 0 Å². The molecule has 0 heterocycles. The van der Waals surface area contributed by atoms with Gasteiger partial charge in [0, 0.05) is 33.3 Å². The van der Waals surface area contributed by atoms with Crippen molar-refractivity contribution in [2.75, 3.05) is 21.3 Å². The lowest BCUT2D eigenvalue weighted by atomic mass is 9.98. The Kier molecular flexibility index (Phi) is 9.46. The number of rotatable bonds is 11. The number of allylic oxidation sites excluding steroid dienone is 1. The van der Waals surface area contributed by atoms with Crippen LogP contribution in [-0.2, 0) is 19.0 Å². The van der Waals surface area contributed by atoms with E-state index in [9.17, 15) is 4.79 Å². The number of methoxy groups -OCH3 is 3. The number of aliphatic carboxylic acids is 1. The quantitative estimate of drug-likeness (QED) is 0.360. The maximum Gasteiger partial charge on any atom is 0.330 e. The normalized spacial score (nSPS) is 14.3. The average molecular weight is 288 g/mol. The fraction of sp³-hybridized carbons (Fsp3) is 0.800. The van der Waals surface area contributed by atoms with Crippen LogP contribution in [0.5, 0.6) is 0 Å². The van der Waals surface area contributed by atoms with E-state index < -0.39 is 11.8 Å². The van der Waals surface area contributed by atoms with Gasteiger partial charge >= 0.3 is 5.97 Å². The van der Waals surface area contributed by atoms with Crippen LogP contribution < -0.4 is 0 Å². The summed E-state index contributed by atoms with van der Waals surface area (Å²) in [5.41, 5.74) is 0.363. The molecule has 5 heteroatoms. The highest BCUT2D eigenvalue weighted by atomic mass is 16.7. The van der Waals surface area contributed by atoms with E-state index >= 15 is 0 Å². The highest BCUT2D eigenvalue weighted by Gasteiger charge is 2.38. The van der Waals surface area contributed by atoms with Crippen LogP contribution >= 0.6 is 0 Å². The Morgan fingerprint density at radius 3 is 2.30 bits per heavy atom. The predicted molar refractivity (Wildman–Crippen MR) is 77.7 cm³/mol. The van der Waals surface area contributed by atoms with Crippen LogP contribution in [0.1, 0.15) is 46.0 Å². The van der Waals surface area contributed by atoms with Crippen LogP contribution in [0.2, 0.25) is 0 Å². The molecule has 20 heavy (non-hydrogen) atoms. The van der Waals surface area contributed by atoms with E-state index in [-0.39, 0.29) is 6.10 Å². The van der Waals surface area contributed by atoms with Crippen molar-refractivity contribution < 1.29 is 24.1 Å². The van der Waals surface area contributed by atoms with Gasteiger partial charge < -0.3 is 19.3 Å². The third kappa shape index (κ3) is 5.61. The van der Waals surface area contributed by atoms with Crippen LogP contribution in [0.25, 0.3) is 0 Å². The van der Waals surface area contributed by atoms with Crippen LogP contribution in [0.3, 0.4) is 0 Å². The summed E-state index contributed by atoms with van der Waals surface area (Å²) < 4.78 is 16.6. The van der Waals surface area contributed by atoms with Gasteiger partial charge in [0.15, 0.2) is 5.79 Å². The van der Waals surface area contributed by atoms with Gasteiger partial charge in [-0.2, -0.15) is 0 Å². The molecule has 0 fully saturated rings. The van der Waals surface area contributed by atoms with Gasteiger partial charge in [0.05, 0.1) is 0 Å². The summed E-state index contributed by atoms with van der Waals surface area (Å²) in [7, 11) is 4.88. The van der Waals surface area contributed by atoms with Crippen molar-refractivity contribution in [1.29, 1.82) is 0 Å². The minimum absolute atomic E-state index is 0.132. The number of carboxylic acids is 1. The van der Waals surface area contributed by atoms with Crippen LogP contribution in [0, 0.1) is 0 Å². The maximum atomic E-state index is 10.7. The van der Waals surface area contributed by atoms with E-state index in [4.69, 9.17) is 19.3 Å². The number of hydrogen-bond donors (Lipinski definition) is 1. The summed E-state index contributed by atoms with van der Waals surface area (Å²) in [6.45, 7) is 3.68. The molecular weight excluding hydrogens is 260 g/mol. The van der Waals surface area contributed by atoms with E-state index in [1.807, 2.05) is 0 Å². The Morgan fingerprint density at radius 1 is 1.30 bits per heavy atom. The summed E-state index contributed by atoms with van der Waals surface area (Å²) in [5.74, 6) is -1.65. The molecular formula is C15H28O5. The van der Waals surface area contributed by atoms with Gasteiger partial charge in [0.1, 0.15) is 6.10 Å². The molecule has 0 saturated heterocycles. The molecule has 1 unspecified atom stereocenters. The lowest BCUT2D eigenvalue weighted by Gasteiger charge is -2.37. The molecule has 118 valence electrons. The van der Waals surface area contributed by atoms with Crippen LogP contribution in [-0.4, -0.2) is 44.3 Å². The topological polar surface area (TPSA) is 65.0 Å². The van der Waals surface area contributed by atoms with Gasteiger partial charge in [-0.1, -0.05) is 19.4 Å². The zero-order chi connectivity index (χ0) is 15.6. The summed E-state index contributed by atoms with van der Waals surface area (Å²) in [4.78, 5) is 10.7. The second-order valence-electron chi connectivity index (χ2n) is 4.82. The lowest BCUT2D eigenvalue weighted by Crippen LogP contribution is -2.47. The first-order valence-electron chi connectivity index (χ1n) is 7.00. The number of carboxylic acid groups (broad SMARTS) is 1. The van der Waals surface area contributed by atoms with E-state index in [2.05, 4.69) is 6.92 Å². The van der Waals surface area contributed by atoms with E-state index in [0.29, 0.717) is 18.4 Å². The summed E-state index contributed by atoms with van der Waals surface area (Å²) in [6, 6.07) is 0. The van der Waals surface area contributed by atoms with Crippen molar-refractivity contribution in [1.82, 2.24) is 0 Å². The van der Waals surface area contributed by atoms with Gasteiger partial charge in [-0.3, -0.25) is 0 Å². The molecule has 1 atom stereocenters. The van der Waals surface area contributed by atoms with E-state index in [1.165, 1.54) is 0 Å². The smallest absolute Gasteiger partial charge is 0.330 e. The van der Waals surface area contributed by atoms with Crippen molar-refractivity contribution in [3.05, 3.63) is 11.6 Å². The summed E-state index contributed by atoms with van der Waals surface area (Å²) in [5, 5.41) is 8.79. The van der Waals surface area contributed by atoms with Gasteiger partial charge in [-0.15, -0.1) is 0 Å². The third-order valence-corrected chi connectivity index (χ3v) is 3.53. The van der Waals surface area contributed by atoms with Gasteiger partial charge in [-0.05, 0) is 26.2 Å². The molecule has 0 saturated carbocycles. The molecule has 0 amide bonds. The van der Waals surface area contributed by atoms with E-state index in [1.54, 1.807) is 34.3 Å². The fourth-order valence-electron chi connectivity index (χ4n) is 2.25. The van der Waals surface area contributed by atoms with Crippen molar-refractivity contribution in [3.63, 3.8) is 0 Å². The second-order valence-corrected chi connectivity index (χ2v) is 4.82. The zero-order valence-corrected chi connectivity index (χ0v) is 13.3. The Labute approximate surface area is 121 Å². The van der Waals surface area contributed by atoms with Crippen molar-refractivity contribution in [2.45, 2.75) is 57.8 Å². The third-order valence-electron chi connectivity index (χ3n) is 3.53. The first-order chi connectivity index (χ1) is 9.47. The molecule has 0 spiro atoms. The molecule has 1 N–H and O–H groups in total. The minimum atomic E-state index is -0.879. The fourth-order valence-corrected chi connectivity index (χ4v) is 2.25. The number of hydrogen-bond acceptors (Lipinski definition) is 4. The Balaban J connectivity index is 4.61. The standard InChI is InChI=1S/C15H28O5/c1-6-9-13(18-3)15(19-4,20-5)11-8-7-10-12(2)14(16)17/h10,13H,6-9,11H2,1-5H3,(H,16,17)/b12-10+. The first-order valence-corrected chi connectivity index (χ1v) is 7.00. The molecule has 5 nitrogen and oxygen atoms in total. The highest BCUT2D eigenvalue weighted by molar-refractivity contribution is 5.85. The average Bonchev–Trinajstić information content (AvgIpc) is 2.45. The Hall–Kier alpha value is -0.910. The molecule has 0 aliphatic rings. The van der Waals surface area contributed by atoms with Crippen molar-refractivity contribution in [3.8, 4) is 0 Å². The van der Waals surface area contributed by atoms with Gasteiger partial charge in [0.2, 0.25) is 0 Å². The second kappa shape index (κ2) is 9.91. The molecule has 0 radical (unpaired) electrons. The lowest BCUT2D eigenvalue weighted by molar-refractivity contribution is -0.269. The van der Waals surface area contributed by atoms with Crippen LogP contribution in [0.15, 0.2) is 11.6 Å². The molecule has 0 rings (SSSR count). The Bertz CT molecular complexity index is 307. The summed E-state index contributed by atoms with van der Waals surface area (Å²) in [6.07, 6.45) is 5.52. The maximum absolute atomic E-state index is 10.7. The first kappa shape index (κ1) is 19.1.